The summed E-state index contributed by atoms with van der Waals surface area (Å²) >= 11 is 6.58. The van der Waals surface area contributed by atoms with Crippen LogP contribution in [0.4, 0.5) is 17.6 Å². The number of alkyl halides is 4. The highest BCUT2D eigenvalue weighted by Gasteiger charge is 2.35. The SMILES string of the molecule is Fc1c(C(Br)Cc2ccc(Br)cc2)cccc1C(F)(F)F. The Labute approximate surface area is 136 Å². The zero-order chi connectivity index (χ0) is 15.6. The summed E-state index contributed by atoms with van der Waals surface area (Å²) < 4.78 is 53.0. The molecule has 112 valence electrons. The second-order valence-corrected chi connectivity index (χ2v) is 6.53. The monoisotopic (exact) mass is 424 g/mol. The van der Waals surface area contributed by atoms with Crippen LogP contribution < -0.4 is 0 Å². The van der Waals surface area contributed by atoms with Crippen LogP contribution in [0.5, 0.6) is 0 Å². The molecule has 0 saturated carbocycles. The fourth-order valence-corrected chi connectivity index (χ4v) is 2.94. The van der Waals surface area contributed by atoms with Gasteiger partial charge in [-0.3, -0.25) is 0 Å². The van der Waals surface area contributed by atoms with E-state index in [-0.39, 0.29) is 5.56 Å². The Morgan fingerprint density at radius 2 is 1.62 bits per heavy atom. The molecule has 0 N–H and O–H groups in total. The molecule has 6 heteroatoms. The van der Waals surface area contributed by atoms with Gasteiger partial charge in [0, 0.05) is 14.9 Å². The van der Waals surface area contributed by atoms with Crippen LogP contribution >= 0.6 is 31.9 Å². The first kappa shape index (κ1) is 16.5. The van der Waals surface area contributed by atoms with Gasteiger partial charge < -0.3 is 0 Å². The lowest BCUT2D eigenvalue weighted by Gasteiger charge is -2.15. The van der Waals surface area contributed by atoms with E-state index in [0.717, 1.165) is 16.1 Å². The standard InChI is InChI=1S/C15H10Br2F4/c16-10-6-4-9(5-7-10)8-13(17)11-2-1-3-12(14(11)18)15(19,20)21/h1-7,13H,8H2. The van der Waals surface area contributed by atoms with Gasteiger partial charge in [-0.05, 0) is 30.2 Å². The summed E-state index contributed by atoms with van der Waals surface area (Å²) in [5.41, 5.74) is -0.329. The third-order valence-electron chi connectivity index (χ3n) is 3.00. The average molecular weight is 426 g/mol. The molecule has 0 aromatic heterocycles. The predicted molar refractivity (Wildman–Crippen MR) is 80.9 cm³/mol. The first-order chi connectivity index (χ1) is 9.79. The van der Waals surface area contributed by atoms with Crippen LogP contribution in [0.15, 0.2) is 46.9 Å². The van der Waals surface area contributed by atoms with E-state index in [0.29, 0.717) is 6.42 Å². The van der Waals surface area contributed by atoms with E-state index >= 15 is 0 Å². The highest BCUT2D eigenvalue weighted by molar-refractivity contribution is 9.10. The van der Waals surface area contributed by atoms with E-state index in [1.165, 1.54) is 12.1 Å². The summed E-state index contributed by atoms with van der Waals surface area (Å²) in [6.07, 6.45) is -4.30. The summed E-state index contributed by atoms with van der Waals surface area (Å²) in [5, 5.41) is 0. The second-order valence-electron chi connectivity index (χ2n) is 4.50. The second kappa shape index (κ2) is 6.48. The quantitative estimate of drug-likeness (QED) is 0.400. The van der Waals surface area contributed by atoms with E-state index in [9.17, 15) is 17.6 Å². The fraction of sp³-hybridized carbons (Fsp3) is 0.200. The maximum absolute atomic E-state index is 14.0. The van der Waals surface area contributed by atoms with Crippen LogP contribution in [-0.2, 0) is 12.6 Å². The highest BCUT2D eigenvalue weighted by Crippen LogP contribution is 2.36. The van der Waals surface area contributed by atoms with Gasteiger partial charge in [-0.2, -0.15) is 13.2 Å². The minimum Gasteiger partial charge on any atom is -0.206 e. The predicted octanol–water partition coefficient (Wildman–Crippen LogP) is 6.29. The first-order valence-electron chi connectivity index (χ1n) is 6.03. The van der Waals surface area contributed by atoms with Crippen LogP contribution in [0.1, 0.15) is 21.5 Å². The van der Waals surface area contributed by atoms with E-state index in [2.05, 4.69) is 31.9 Å². The summed E-state index contributed by atoms with van der Waals surface area (Å²) in [6.45, 7) is 0. The Kier molecular flexibility index (Phi) is 5.09. The normalized spacial score (nSPS) is 13.2. The maximum Gasteiger partial charge on any atom is 0.419 e. The van der Waals surface area contributed by atoms with Crippen molar-refractivity contribution in [3.8, 4) is 0 Å². The molecule has 1 atom stereocenters. The lowest BCUT2D eigenvalue weighted by atomic mass is 10.0. The van der Waals surface area contributed by atoms with Crippen LogP contribution in [0.2, 0.25) is 0 Å². The zero-order valence-electron chi connectivity index (χ0n) is 10.6. The molecule has 2 rings (SSSR count). The van der Waals surface area contributed by atoms with Gasteiger partial charge in [0.25, 0.3) is 0 Å². The number of benzene rings is 2. The third-order valence-corrected chi connectivity index (χ3v) is 4.35. The van der Waals surface area contributed by atoms with Crippen LogP contribution in [0, 0.1) is 5.82 Å². The molecule has 0 bridgehead atoms. The van der Waals surface area contributed by atoms with Gasteiger partial charge in [0.05, 0.1) is 5.56 Å². The van der Waals surface area contributed by atoms with E-state index in [4.69, 9.17) is 0 Å². The van der Waals surface area contributed by atoms with Gasteiger partial charge in [0.2, 0.25) is 0 Å². The van der Waals surface area contributed by atoms with Crippen molar-refractivity contribution in [2.75, 3.05) is 0 Å². The molecule has 0 fully saturated rings. The summed E-state index contributed by atoms with van der Waals surface area (Å²) in [5.74, 6) is -1.22. The van der Waals surface area contributed by atoms with Crippen molar-refractivity contribution in [2.24, 2.45) is 0 Å². The van der Waals surface area contributed by atoms with Gasteiger partial charge in [-0.15, -0.1) is 0 Å². The summed E-state index contributed by atoms with van der Waals surface area (Å²) in [4.78, 5) is -0.527. The molecule has 0 heterocycles. The molecule has 2 aromatic rings. The molecular weight excluding hydrogens is 416 g/mol. The van der Waals surface area contributed by atoms with Crippen molar-refractivity contribution < 1.29 is 17.6 Å². The summed E-state index contributed by atoms with van der Waals surface area (Å²) in [7, 11) is 0. The number of rotatable bonds is 3. The Bertz CT molecular complexity index is 621. The van der Waals surface area contributed by atoms with Gasteiger partial charge >= 0.3 is 6.18 Å². The Balaban J connectivity index is 2.27. The molecule has 0 aliphatic rings. The summed E-state index contributed by atoms with van der Waals surface area (Å²) in [6, 6.07) is 10.7. The Morgan fingerprint density at radius 1 is 1.00 bits per heavy atom. The molecular formula is C15H10Br2F4. The molecule has 21 heavy (non-hydrogen) atoms. The molecule has 0 saturated heterocycles. The average Bonchev–Trinajstić information content (AvgIpc) is 2.40. The van der Waals surface area contributed by atoms with Gasteiger partial charge in [-0.25, -0.2) is 4.39 Å². The molecule has 1 unspecified atom stereocenters. The maximum atomic E-state index is 14.0. The number of hydrogen-bond donors (Lipinski definition) is 0. The minimum atomic E-state index is -4.69. The molecule has 0 spiro atoms. The molecule has 2 aromatic carbocycles. The van der Waals surface area contributed by atoms with Crippen molar-refractivity contribution in [1.29, 1.82) is 0 Å². The molecule has 0 aliphatic heterocycles. The van der Waals surface area contributed by atoms with Crippen molar-refractivity contribution in [3.63, 3.8) is 0 Å². The van der Waals surface area contributed by atoms with E-state index in [1.807, 2.05) is 24.3 Å². The van der Waals surface area contributed by atoms with Gasteiger partial charge in [0.1, 0.15) is 5.82 Å². The smallest absolute Gasteiger partial charge is 0.206 e. The van der Waals surface area contributed by atoms with Crippen LogP contribution in [0.3, 0.4) is 0 Å². The van der Waals surface area contributed by atoms with Crippen LogP contribution in [0.25, 0.3) is 0 Å². The number of halogens is 6. The fourth-order valence-electron chi connectivity index (χ4n) is 1.95. The highest BCUT2D eigenvalue weighted by atomic mass is 79.9. The lowest BCUT2D eigenvalue weighted by Crippen LogP contribution is -2.11. The van der Waals surface area contributed by atoms with Gasteiger partial charge in [0.15, 0.2) is 0 Å². The minimum absolute atomic E-state index is 0.00717. The zero-order valence-corrected chi connectivity index (χ0v) is 13.8. The Morgan fingerprint density at radius 3 is 2.19 bits per heavy atom. The van der Waals surface area contributed by atoms with E-state index in [1.54, 1.807) is 0 Å². The van der Waals surface area contributed by atoms with Crippen molar-refractivity contribution in [1.82, 2.24) is 0 Å². The largest absolute Gasteiger partial charge is 0.419 e. The number of hydrogen-bond acceptors (Lipinski definition) is 0. The van der Waals surface area contributed by atoms with Crippen molar-refractivity contribution in [2.45, 2.75) is 17.4 Å². The topological polar surface area (TPSA) is 0 Å². The molecule has 0 nitrogen and oxygen atoms in total. The van der Waals surface area contributed by atoms with Crippen LogP contribution in [-0.4, -0.2) is 0 Å². The Hall–Kier alpha value is -0.880. The molecule has 0 radical (unpaired) electrons. The molecule has 0 amide bonds. The van der Waals surface area contributed by atoms with E-state index < -0.39 is 22.4 Å². The van der Waals surface area contributed by atoms with Crippen molar-refractivity contribution in [3.05, 3.63) is 69.4 Å². The third kappa shape index (κ3) is 4.07. The molecule has 0 aliphatic carbocycles. The van der Waals surface area contributed by atoms with Gasteiger partial charge in [-0.1, -0.05) is 56.1 Å². The first-order valence-corrected chi connectivity index (χ1v) is 7.74. The van der Waals surface area contributed by atoms with Crippen molar-refractivity contribution >= 4 is 31.9 Å². The lowest BCUT2D eigenvalue weighted by molar-refractivity contribution is -0.140.